The molecular formula is C23H18ClF7N2O2. The highest BCUT2D eigenvalue weighted by molar-refractivity contribution is 6.31. The van der Waals surface area contributed by atoms with Crippen molar-refractivity contribution in [3.8, 4) is 11.5 Å². The molecule has 0 saturated heterocycles. The summed E-state index contributed by atoms with van der Waals surface area (Å²) < 4.78 is 100. The predicted molar refractivity (Wildman–Crippen MR) is 119 cm³/mol. The number of hydrogen-bond acceptors (Lipinski definition) is 4. The standard InChI is InChI=1S/C11H7ClF3NO.C11H8F3NO.CH3F/c1-17-9-4-6-2-3-7(11(13,14)15)5-8(6)16-10(9)12;1-16-9-4-7-2-3-8(11(12,13)14)5-10(7)15-6-9;1-2/h2-5H,1H3;2-6H,1H3;1H3/i;;1D. The number of nitrogens with zero attached hydrogens (tertiary/aromatic N) is 2. The molecule has 0 fully saturated rings. The van der Waals surface area contributed by atoms with E-state index in [0.717, 1.165) is 24.3 Å². The van der Waals surface area contributed by atoms with Crippen LogP contribution >= 0.6 is 11.6 Å². The molecule has 4 nitrogen and oxygen atoms in total. The molecule has 12 heteroatoms. The van der Waals surface area contributed by atoms with Gasteiger partial charge in [-0.25, -0.2) is 4.98 Å². The van der Waals surface area contributed by atoms with Gasteiger partial charge in [-0.1, -0.05) is 23.7 Å². The molecule has 0 radical (unpaired) electrons. The molecule has 0 bridgehead atoms. The Kier molecular flexibility index (Phi) is 8.55. The fourth-order valence-electron chi connectivity index (χ4n) is 2.83. The van der Waals surface area contributed by atoms with Crippen LogP contribution in [0, 0.1) is 0 Å². The van der Waals surface area contributed by atoms with E-state index in [1.54, 1.807) is 12.1 Å². The fraction of sp³-hybridized carbons (Fsp3) is 0.217. The number of hydrogen-bond donors (Lipinski definition) is 0. The van der Waals surface area contributed by atoms with Crippen molar-refractivity contribution in [1.29, 1.82) is 0 Å². The first-order valence-corrected chi connectivity index (χ1v) is 9.79. The predicted octanol–water partition coefficient (Wildman–Crippen LogP) is 7.76. The van der Waals surface area contributed by atoms with E-state index in [0.29, 0.717) is 27.8 Å². The van der Waals surface area contributed by atoms with Crippen molar-refractivity contribution in [2.75, 3.05) is 21.4 Å². The molecule has 4 aromatic rings. The summed E-state index contributed by atoms with van der Waals surface area (Å²) in [6, 6.07) is 9.92. The SMILES string of the molecule is COc1cc2ccc(C(F)(F)F)cc2nc1Cl.COc1cnc2cc(C(F)(F)F)ccc2c1.[2H]CF. The monoisotopic (exact) mass is 523 g/mol. The molecule has 0 N–H and O–H groups in total. The summed E-state index contributed by atoms with van der Waals surface area (Å²) in [6.45, 7) is 0. The average Bonchev–Trinajstić information content (AvgIpc) is 2.82. The van der Waals surface area contributed by atoms with Gasteiger partial charge in [0.1, 0.15) is 5.75 Å². The molecule has 0 aliphatic heterocycles. The molecule has 0 saturated carbocycles. The normalized spacial score (nSPS) is 11.7. The zero-order chi connectivity index (χ0) is 27.1. The van der Waals surface area contributed by atoms with E-state index in [1.807, 2.05) is 0 Å². The minimum atomic E-state index is -4.39. The van der Waals surface area contributed by atoms with Gasteiger partial charge < -0.3 is 9.47 Å². The second-order valence-corrected chi connectivity index (χ2v) is 7.03. The van der Waals surface area contributed by atoms with Gasteiger partial charge in [-0.3, -0.25) is 9.37 Å². The smallest absolute Gasteiger partial charge is 0.416 e. The lowest BCUT2D eigenvalue weighted by atomic mass is 10.1. The number of aromatic nitrogens is 2. The molecule has 4 rings (SSSR count). The Hall–Kier alpha value is -3.34. The van der Waals surface area contributed by atoms with Crippen molar-refractivity contribution >= 4 is 33.4 Å². The quantitative estimate of drug-likeness (QED) is 0.199. The number of methoxy groups -OCH3 is 2. The third-order valence-electron chi connectivity index (χ3n) is 4.51. The van der Waals surface area contributed by atoms with E-state index in [-0.39, 0.29) is 10.7 Å². The minimum Gasteiger partial charge on any atom is -0.495 e. The Labute approximate surface area is 201 Å². The Balaban J connectivity index is 0.000000229. The van der Waals surface area contributed by atoms with Crippen molar-refractivity contribution in [2.24, 2.45) is 0 Å². The lowest BCUT2D eigenvalue weighted by Gasteiger charge is -2.08. The highest BCUT2D eigenvalue weighted by Crippen LogP contribution is 2.33. The third kappa shape index (κ3) is 7.08. The molecule has 2 aromatic heterocycles. The van der Waals surface area contributed by atoms with Gasteiger partial charge in [0, 0.05) is 10.8 Å². The van der Waals surface area contributed by atoms with Crippen molar-refractivity contribution in [3.05, 3.63) is 71.0 Å². The van der Waals surface area contributed by atoms with Crippen LogP contribution in [0.15, 0.2) is 54.7 Å². The maximum absolute atomic E-state index is 12.5. The zero-order valence-electron chi connectivity index (χ0n) is 19.1. The van der Waals surface area contributed by atoms with Gasteiger partial charge in [0.15, 0.2) is 10.9 Å². The minimum absolute atomic E-state index is 0.0410. The second-order valence-electron chi connectivity index (χ2n) is 6.67. The molecule has 0 aliphatic rings. The van der Waals surface area contributed by atoms with Gasteiger partial charge in [-0.15, -0.1) is 0 Å². The van der Waals surface area contributed by atoms with Crippen molar-refractivity contribution in [1.82, 2.24) is 9.97 Å². The van der Waals surface area contributed by atoms with Crippen molar-refractivity contribution < 1.29 is 41.6 Å². The van der Waals surface area contributed by atoms with E-state index in [2.05, 4.69) is 9.97 Å². The first-order chi connectivity index (χ1) is 16.8. The molecule has 188 valence electrons. The number of pyridine rings is 2. The lowest BCUT2D eigenvalue weighted by molar-refractivity contribution is -0.138. The summed E-state index contributed by atoms with van der Waals surface area (Å²) in [7, 11) is 1.89. The van der Waals surface area contributed by atoms with Gasteiger partial charge in [0.25, 0.3) is 0 Å². The van der Waals surface area contributed by atoms with Crippen molar-refractivity contribution in [3.63, 3.8) is 0 Å². The van der Waals surface area contributed by atoms with Crippen LogP contribution in [0.4, 0.5) is 30.7 Å². The largest absolute Gasteiger partial charge is 0.495 e. The van der Waals surface area contributed by atoms with Crippen molar-refractivity contribution in [2.45, 2.75) is 12.4 Å². The Bertz CT molecular complexity index is 1320. The molecule has 2 aromatic carbocycles. The first kappa shape index (κ1) is 26.3. The Morgan fingerprint density at radius 3 is 1.80 bits per heavy atom. The molecule has 0 unspecified atom stereocenters. The molecule has 0 spiro atoms. The number of halogens is 8. The van der Waals surface area contributed by atoms with E-state index >= 15 is 0 Å². The number of benzene rings is 2. The van der Waals surface area contributed by atoms with E-state index in [9.17, 15) is 30.7 Å². The molecule has 2 heterocycles. The van der Waals surface area contributed by atoms with Crippen LogP contribution in [0.3, 0.4) is 0 Å². The maximum Gasteiger partial charge on any atom is 0.416 e. The van der Waals surface area contributed by atoms with Gasteiger partial charge in [0.2, 0.25) is 0 Å². The van der Waals surface area contributed by atoms with Gasteiger partial charge in [-0.2, -0.15) is 26.3 Å². The number of alkyl halides is 7. The Morgan fingerprint density at radius 1 is 0.800 bits per heavy atom. The van der Waals surface area contributed by atoms with Crippen LogP contribution < -0.4 is 9.47 Å². The summed E-state index contributed by atoms with van der Waals surface area (Å²) in [6.07, 6.45) is -7.33. The van der Waals surface area contributed by atoms with E-state index in [4.69, 9.17) is 22.4 Å². The highest BCUT2D eigenvalue weighted by atomic mass is 35.5. The van der Waals surface area contributed by atoms with Crippen LogP contribution in [-0.2, 0) is 12.4 Å². The van der Waals surface area contributed by atoms with Gasteiger partial charge in [0.05, 0.1) is 51.1 Å². The number of fused-ring (bicyclic) bond motifs is 2. The molecule has 0 aliphatic carbocycles. The number of ether oxygens (including phenoxy) is 2. The number of rotatable bonds is 2. The average molecular weight is 524 g/mol. The molecular weight excluding hydrogens is 505 g/mol. The third-order valence-corrected chi connectivity index (χ3v) is 4.78. The highest BCUT2D eigenvalue weighted by Gasteiger charge is 2.31. The van der Waals surface area contributed by atoms with Crippen LogP contribution in [0.2, 0.25) is 5.15 Å². The van der Waals surface area contributed by atoms with Crippen LogP contribution in [0.1, 0.15) is 12.5 Å². The maximum atomic E-state index is 12.5. The van der Waals surface area contributed by atoms with Gasteiger partial charge in [-0.05, 0) is 36.4 Å². The van der Waals surface area contributed by atoms with Crippen LogP contribution in [0.25, 0.3) is 21.8 Å². The lowest BCUT2D eigenvalue weighted by Crippen LogP contribution is -2.04. The Morgan fingerprint density at radius 2 is 1.31 bits per heavy atom. The first-order valence-electron chi connectivity index (χ1n) is 10.1. The summed E-state index contributed by atoms with van der Waals surface area (Å²) in [5.74, 6) is 0.853. The summed E-state index contributed by atoms with van der Waals surface area (Å²) in [5, 5.41) is 1.20. The van der Waals surface area contributed by atoms with Gasteiger partial charge >= 0.3 is 12.4 Å². The fourth-order valence-corrected chi connectivity index (χ4v) is 3.06. The van der Waals surface area contributed by atoms with E-state index < -0.39 is 30.6 Å². The summed E-state index contributed by atoms with van der Waals surface area (Å²) in [5.41, 5.74) is -0.961. The topological polar surface area (TPSA) is 44.2 Å². The second kappa shape index (κ2) is 11.4. The van der Waals surface area contributed by atoms with Crippen LogP contribution in [-0.4, -0.2) is 31.3 Å². The molecule has 35 heavy (non-hydrogen) atoms. The summed E-state index contributed by atoms with van der Waals surface area (Å²) in [4.78, 5) is 7.76. The molecule has 0 amide bonds. The molecule has 0 atom stereocenters. The van der Waals surface area contributed by atoms with Crippen LogP contribution in [0.5, 0.6) is 11.5 Å². The summed E-state index contributed by atoms with van der Waals surface area (Å²) >= 11 is 5.75. The van der Waals surface area contributed by atoms with E-state index in [1.165, 1.54) is 32.5 Å². The zero-order valence-corrected chi connectivity index (χ0v) is 18.9.